The second-order valence-electron chi connectivity index (χ2n) is 15.1. The Morgan fingerprint density at radius 1 is 0.500 bits per heavy atom. The lowest BCUT2D eigenvalue weighted by Gasteiger charge is -2.30. The Hall–Kier alpha value is -2.96. The summed E-state index contributed by atoms with van der Waals surface area (Å²) in [5.74, 6) is 0.411. The van der Waals surface area contributed by atoms with Crippen LogP contribution in [-0.4, -0.2) is 75.2 Å². The molecule has 0 heterocycles. The van der Waals surface area contributed by atoms with Gasteiger partial charge in [0.25, 0.3) is 0 Å². The highest BCUT2D eigenvalue weighted by Crippen LogP contribution is 2.12. The van der Waals surface area contributed by atoms with E-state index in [9.17, 15) is 9.59 Å². The van der Waals surface area contributed by atoms with E-state index >= 15 is 0 Å². The topological polar surface area (TPSA) is 58.2 Å². The smallest absolute Gasteiger partial charge is 0.219 e. The zero-order chi connectivity index (χ0) is 34.8. The van der Waals surface area contributed by atoms with Crippen LogP contribution in [0.4, 0.5) is 0 Å². The molecule has 6 heteroatoms. The molecule has 0 aliphatic carbocycles. The Morgan fingerprint density at radius 3 is 1.25 bits per heavy atom. The first-order valence-electron chi connectivity index (χ1n) is 19.1. The molecule has 2 N–H and O–H groups in total. The number of hydrogen-bond donors (Lipinski definition) is 2. The molecule has 2 aromatic rings. The highest BCUT2D eigenvalue weighted by atomic mass is 16.2. The van der Waals surface area contributed by atoms with Gasteiger partial charge >= 0.3 is 0 Å². The summed E-state index contributed by atoms with van der Waals surface area (Å²) in [6.45, 7) is 5.70. The third-order valence-corrected chi connectivity index (χ3v) is 9.15. The number of amides is 2. The fourth-order valence-corrected chi connectivity index (χ4v) is 6.35. The number of benzene rings is 2. The van der Waals surface area contributed by atoms with Crippen LogP contribution >= 0.6 is 0 Å². The summed E-state index contributed by atoms with van der Waals surface area (Å²) in [6.07, 6.45) is 22.1. The first-order chi connectivity index (χ1) is 23.2. The molecule has 0 fully saturated rings. The molecule has 2 aromatic carbocycles. The number of nitrogens with one attached hydrogen (secondary N) is 2. The molecule has 0 saturated heterocycles. The maximum atomic E-state index is 12.2. The van der Waals surface area contributed by atoms with Crippen molar-refractivity contribution in [1.29, 1.82) is 0 Å². The van der Waals surface area contributed by atoms with Crippen molar-refractivity contribution in [3.63, 3.8) is 0 Å². The van der Waals surface area contributed by atoms with E-state index < -0.39 is 0 Å². The minimum Gasteiger partial charge on any atom is -0.356 e. The van der Waals surface area contributed by atoms with E-state index in [0.29, 0.717) is 12.8 Å². The number of carbonyl (C=O) groups excluding carboxylic acids is 2. The van der Waals surface area contributed by atoms with Crippen molar-refractivity contribution in [3.05, 3.63) is 83.9 Å². The summed E-state index contributed by atoms with van der Waals surface area (Å²) in [7, 11) is 9.04. The van der Waals surface area contributed by atoms with Crippen molar-refractivity contribution in [1.82, 2.24) is 10.6 Å². The van der Waals surface area contributed by atoms with Gasteiger partial charge in [0.15, 0.2) is 0 Å². The quantitative estimate of drug-likeness (QED) is 0.0545. The minimum atomic E-state index is 0.205. The molecular formula is C42H70N4O2+2. The lowest BCUT2D eigenvalue weighted by atomic mass is 10.1. The molecule has 0 atom stereocenters. The molecular weight excluding hydrogens is 592 g/mol. The normalized spacial score (nSPS) is 12.0. The predicted molar refractivity (Wildman–Crippen MR) is 203 cm³/mol. The van der Waals surface area contributed by atoms with Gasteiger partial charge < -0.3 is 19.6 Å². The Labute approximate surface area is 294 Å². The van der Waals surface area contributed by atoms with Gasteiger partial charge in [0, 0.05) is 49.9 Å². The van der Waals surface area contributed by atoms with E-state index in [2.05, 4.69) is 112 Å². The number of unbranched alkanes of at least 4 members (excludes halogenated alkanes) is 10. The number of carbonyl (C=O) groups is 2. The lowest BCUT2D eigenvalue weighted by molar-refractivity contribution is -0.903. The summed E-state index contributed by atoms with van der Waals surface area (Å²) >= 11 is 0. The molecule has 2 amide bonds. The van der Waals surface area contributed by atoms with E-state index in [1.807, 2.05) is 0 Å². The summed E-state index contributed by atoms with van der Waals surface area (Å²) in [5, 5.41) is 6.23. The minimum absolute atomic E-state index is 0.205. The average Bonchev–Trinajstić information content (AvgIpc) is 3.05. The number of hydrogen-bond acceptors (Lipinski definition) is 2. The van der Waals surface area contributed by atoms with E-state index in [-0.39, 0.29) is 11.8 Å². The number of allylic oxidation sites excluding steroid dienone is 2. The van der Waals surface area contributed by atoms with Crippen LogP contribution < -0.4 is 10.6 Å². The predicted octanol–water partition coefficient (Wildman–Crippen LogP) is 8.57. The third kappa shape index (κ3) is 22.6. The Kier molecular flexibility index (Phi) is 21.5. The fraction of sp³-hybridized carbons (Fsp3) is 0.619. The summed E-state index contributed by atoms with van der Waals surface area (Å²) < 4.78 is 1.88. The molecule has 0 radical (unpaired) electrons. The van der Waals surface area contributed by atoms with Gasteiger partial charge in [0.1, 0.15) is 13.1 Å². The average molecular weight is 663 g/mol. The molecule has 0 aliphatic rings. The van der Waals surface area contributed by atoms with Gasteiger partial charge in [-0.05, 0) is 38.5 Å². The van der Waals surface area contributed by atoms with Crippen molar-refractivity contribution in [2.75, 3.05) is 54.4 Å². The molecule has 0 unspecified atom stereocenters. The third-order valence-electron chi connectivity index (χ3n) is 9.15. The van der Waals surface area contributed by atoms with Gasteiger partial charge in [0.2, 0.25) is 11.8 Å². The molecule has 2 rings (SSSR count). The molecule has 0 spiro atoms. The number of quaternary nitrogens is 2. The van der Waals surface area contributed by atoms with Gasteiger partial charge in [0.05, 0.1) is 41.3 Å². The number of nitrogens with zero attached hydrogens (tertiary/aromatic N) is 2. The van der Waals surface area contributed by atoms with Gasteiger partial charge in [-0.3, -0.25) is 9.59 Å². The molecule has 268 valence electrons. The Balaban J connectivity index is 1.30. The van der Waals surface area contributed by atoms with E-state index in [1.54, 1.807) is 0 Å². The van der Waals surface area contributed by atoms with E-state index in [0.717, 1.165) is 99.6 Å². The Morgan fingerprint density at radius 2 is 0.854 bits per heavy atom. The molecule has 48 heavy (non-hydrogen) atoms. The summed E-state index contributed by atoms with van der Waals surface area (Å²) in [6, 6.07) is 21.3. The summed E-state index contributed by atoms with van der Waals surface area (Å²) in [5.41, 5.74) is 2.72. The highest BCUT2D eigenvalue weighted by molar-refractivity contribution is 5.76. The largest absolute Gasteiger partial charge is 0.356 e. The summed E-state index contributed by atoms with van der Waals surface area (Å²) in [4.78, 5) is 24.4. The molecule has 0 aliphatic heterocycles. The van der Waals surface area contributed by atoms with Crippen molar-refractivity contribution in [2.45, 2.75) is 116 Å². The van der Waals surface area contributed by atoms with Gasteiger partial charge in [-0.25, -0.2) is 0 Å². The van der Waals surface area contributed by atoms with Gasteiger partial charge in [-0.15, -0.1) is 0 Å². The van der Waals surface area contributed by atoms with Gasteiger partial charge in [-0.1, -0.05) is 111 Å². The molecule has 0 saturated carbocycles. The van der Waals surface area contributed by atoms with Crippen LogP contribution in [0.3, 0.4) is 0 Å². The second kappa shape index (κ2) is 25.1. The zero-order valence-electron chi connectivity index (χ0n) is 31.2. The van der Waals surface area contributed by atoms with Crippen molar-refractivity contribution < 1.29 is 18.6 Å². The first-order valence-corrected chi connectivity index (χ1v) is 19.1. The van der Waals surface area contributed by atoms with Crippen LogP contribution in [0.5, 0.6) is 0 Å². The van der Waals surface area contributed by atoms with Crippen LogP contribution in [-0.2, 0) is 22.7 Å². The first kappa shape index (κ1) is 41.2. The molecule has 6 nitrogen and oxygen atoms in total. The monoisotopic (exact) mass is 663 g/mol. The van der Waals surface area contributed by atoms with E-state index in [1.165, 1.54) is 49.7 Å². The highest BCUT2D eigenvalue weighted by Gasteiger charge is 2.16. The van der Waals surface area contributed by atoms with E-state index in [4.69, 9.17) is 0 Å². The fourth-order valence-electron chi connectivity index (χ4n) is 6.35. The van der Waals surface area contributed by atoms with Crippen LogP contribution in [0.15, 0.2) is 72.8 Å². The van der Waals surface area contributed by atoms with Crippen molar-refractivity contribution in [2.24, 2.45) is 0 Å². The van der Waals surface area contributed by atoms with Crippen LogP contribution in [0.1, 0.15) is 114 Å². The van der Waals surface area contributed by atoms with Crippen LogP contribution in [0, 0.1) is 0 Å². The van der Waals surface area contributed by atoms with Crippen molar-refractivity contribution >= 4 is 11.8 Å². The molecule has 0 aromatic heterocycles. The van der Waals surface area contributed by atoms with Crippen molar-refractivity contribution in [3.8, 4) is 0 Å². The molecule has 0 bridgehead atoms. The lowest BCUT2D eigenvalue weighted by Crippen LogP contribution is -2.41. The second-order valence-corrected chi connectivity index (χ2v) is 15.1. The standard InChI is InChI=1S/C42H68N4O2/c1-45(2,37-39-27-19-17-20-28-39)35-25-33-43-41(47)31-23-15-13-11-9-7-5-6-8-10-12-14-16-24-32-42(48)44-34-26-36-46(3,4)38-40-29-21-18-22-30-40/h5-6,17-22,27-30H,7-16,23-26,31-38H2,1-4H3/p+2/b6-5+. The maximum absolute atomic E-state index is 12.2. The van der Waals surface area contributed by atoms with Gasteiger partial charge in [-0.2, -0.15) is 0 Å². The maximum Gasteiger partial charge on any atom is 0.219 e. The zero-order valence-corrected chi connectivity index (χ0v) is 31.2. The van der Waals surface area contributed by atoms with Crippen LogP contribution in [0.25, 0.3) is 0 Å². The number of rotatable bonds is 28. The SMILES string of the molecule is C[N+](C)(CCCNC(=O)CCCCCCC/C=C/CCCCCCCC(=O)NCCC[N+](C)(C)Cc1ccccc1)Cc1ccccc1. The van der Waals surface area contributed by atoms with Crippen LogP contribution in [0.2, 0.25) is 0 Å². The Bertz CT molecular complexity index is 1040.